The zero-order chi connectivity index (χ0) is 18.7. The molecule has 0 aliphatic carbocycles. The first-order valence-electron chi connectivity index (χ1n) is 8.65. The molecule has 0 unspecified atom stereocenters. The highest BCUT2D eigenvalue weighted by molar-refractivity contribution is 5.89. The summed E-state index contributed by atoms with van der Waals surface area (Å²) in [5, 5.41) is 8.96. The lowest BCUT2D eigenvalue weighted by Gasteiger charge is -2.22. The highest BCUT2D eigenvalue weighted by Gasteiger charge is 2.06. The summed E-state index contributed by atoms with van der Waals surface area (Å²) in [6.45, 7) is 9.20. The second-order valence-corrected chi connectivity index (χ2v) is 6.20. The lowest BCUT2D eigenvalue weighted by atomic mass is 10.2. The van der Waals surface area contributed by atoms with Gasteiger partial charge < -0.3 is 20.9 Å². The SMILES string of the molecule is C=CCCCN(C)C(=NC)NCc1ccc(NC(=O)NC(C)C)cc1. The van der Waals surface area contributed by atoms with Gasteiger partial charge in [0.25, 0.3) is 0 Å². The Balaban J connectivity index is 2.48. The van der Waals surface area contributed by atoms with Crippen molar-refractivity contribution in [3.8, 4) is 0 Å². The predicted octanol–water partition coefficient (Wildman–Crippen LogP) is 3.19. The Morgan fingerprint density at radius 2 is 2.00 bits per heavy atom. The van der Waals surface area contributed by atoms with Crippen LogP contribution in [0.2, 0.25) is 0 Å². The summed E-state index contributed by atoms with van der Waals surface area (Å²) in [4.78, 5) is 18.1. The van der Waals surface area contributed by atoms with Crippen molar-refractivity contribution < 1.29 is 4.79 Å². The molecule has 1 rings (SSSR count). The number of benzene rings is 1. The summed E-state index contributed by atoms with van der Waals surface area (Å²) < 4.78 is 0. The lowest BCUT2D eigenvalue weighted by molar-refractivity contribution is 0.250. The van der Waals surface area contributed by atoms with Crippen molar-refractivity contribution in [2.45, 2.75) is 39.3 Å². The zero-order valence-electron chi connectivity index (χ0n) is 15.8. The summed E-state index contributed by atoms with van der Waals surface area (Å²) in [6, 6.07) is 7.69. The molecule has 6 heteroatoms. The van der Waals surface area contributed by atoms with Crippen molar-refractivity contribution >= 4 is 17.7 Å². The number of unbranched alkanes of at least 4 members (excludes halogenated alkanes) is 1. The van der Waals surface area contributed by atoms with Crippen LogP contribution in [0.15, 0.2) is 41.9 Å². The molecule has 0 radical (unpaired) electrons. The van der Waals surface area contributed by atoms with E-state index in [1.165, 1.54) is 0 Å². The van der Waals surface area contributed by atoms with Crippen LogP contribution in [0.25, 0.3) is 0 Å². The minimum atomic E-state index is -0.192. The maximum absolute atomic E-state index is 11.7. The smallest absolute Gasteiger partial charge is 0.319 e. The van der Waals surface area contributed by atoms with Crippen LogP contribution in [0.4, 0.5) is 10.5 Å². The molecule has 0 saturated heterocycles. The van der Waals surface area contributed by atoms with Gasteiger partial charge >= 0.3 is 6.03 Å². The number of carbonyl (C=O) groups excluding carboxylic acids is 1. The Morgan fingerprint density at radius 3 is 2.56 bits per heavy atom. The topological polar surface area (TPSA) is 68.8 Å². The number of hydrogen-bond acceptors (Lipinski definition) is 2. The molecule has 0 saturated carbocycles. The Kier molecular flexibility index (Phi) is 9.14. The van der Waals surface area contributed by atoms with Crippen LogP contribution < -0.4 is 16.0 Å². The first kappa shape index (κ1) is 20.5. The Bertz CT molecular complexity index is 566. The van der Waals surface area contributed by atoms with Gasteiger partial charge in [-0.15, -0.1) is 6.58 Å². The molecular weight excluding hydrogens is 314 g/mol. The zero-order valence-corrected chi connectivity index (χ0v) is 15.8. The Morgan fingerprint density at radius 1 is 1.32 bits per heavy atom. The average molecular weight is 345 g/mol. The van der Waals surface area contributed by atoms with Crippen LogP contribution in [0, 0.1) is 0 Å². The normalized spacial score (nSPS) is 11.2. The van der Waals surface area contributed by atoms with E-state index in [-0.39, 0.29) is 12.1 Å². The van der Waals surface area contributed by atoms with E-state index in [1.54, 1.807) is 7.05 Å². The van der Waals surface area contributed by atoms with Gasteiger partial charge in [-0.05, 0) is 44.4 Å². The number of allylic oxidation sites excluding steroid dienone is 1. The molecule has 138 valence electrons. The van der Waals surface area contributed by atoms with Gasteiger partial charge in [0.05, 0.1) is 0 Å². The van der Waals surface area contributed by atoms with Gasteiger partial charge in [0.2, 0.25) is 0 Å². The third kappa shape index (κ3) is 8.24. The second kappa shape index (κ2) is 11.1. The van der Waals surface area contributed by atoms with Gasteiger partial charge in [-0.2, -0.15) is 0 Å². The maximum Gasteiger partial charge on any atom is 0.319 e. The Labute approximate surface area is 151 Å². The molecule has 0 aliphatic rings. The molecule has 1 aromatic rings. The van der Waals surface area contributed by atoms with E-state index in [2.05, 4.69) is 32.4 Å². The second-order valence-electron chi connectivity index (χ2n) is 6.20. The van der Waals surface area contributed by atoms with Crippen LogP contribution in [0.5, 0.6) is 0 Å². The fourth-order valence-corrected chi connectivity index (χ4v) is 2.28. The number of guanidine groups is 1. The molecule has 0 bridgehead atoms. The predicted molar refractivity (Wildman–Crippen MR) is 106 cm³/mol. The summed E-state index contributed by atoms with van der Waals surface area (Å²) in [7, 11) is 3.81. The summed E-state index contributed by atoms with van der Waals surface area (Å²) in [5.74, 6) is 0.863. The van der Waals surface area contributed by atoms with Crippen LogP contribution in [-0.2, 0) is 6.54 Å². The first-order valence-corrected chi connectivity index (χ1v) is 8.65. The van der Waals surface area contributed by atoms with E-state index in [0.29, 0.717) is 6.54 Å². The van der Waals surface area contributed by atoms with Gasteiger partial charge in [-0.3, -0.25) is 4.99 Å². The van der Waals surface area contributed by atoms with Gasteiger partial charge in [0, 0.05) is 38.9 Å². The van der Waals surface area contributed by atoms with Gasteiger partial charge in [0.1, 0.15) is 0 Å². The molecule has 0 atom stereocenters. The summed E-state index contributed by atoms with van der Waals surface area (Å²) in [6.07, 6.45) is 3.99. The molecule has 2 amide bonds. The van der Waals surface area contributed by atoms with Crippen molar-refractivity contribution in [2.75, 3.05) is 26.0 Å². The number of amides is 2. The van der Waals surface area contributed by atoms with Crippen molar-refractivity contribution in [1.29, 1.82) is 0 Å². The molecule has 0 aliphatic heterocycles. The highest BCUT2D eigenvalue weighted by Crippen LogP contribution is 2.09. The van der Waals surface area contributed by atoms with E-state index < -0.39 is 0 Å². The molecular formula is C19H31N5O. The standard InChI is InChI=1S/C19H31N5O/c1-6-7-8-13-24(5)18(20-4)21-14-16-9-11-17(12-10-16)23-19(25)22-15(2)3/h6,9-12,15H,1,7-8,13-14H2,2-5H3,(H,20,21)(H2,22,23,25). The largest absolute Gasteiger partial charge is 0.352 e. The number of nitrogens with one attached hydrogen (secondary N) is 3. The fraction of sp³-hybridized carbons (Fsp3) is 0.474. The highest BCUT2D eigenvalue weighted by atomic mass is 16.2. The van der Waals surface area contributed by atoms with Crippen molar-refractivity contribution in [3.63, 3.8) is 0 Å². The summed E-state index contributed by atoms with van der Waals surface area (Å²) in [5.41, 5.74) is 1.89. The summed E-state index contributed by atoms with van der Waals surface area (Å²) >= 11 is 0. The third-order valence-corrected chi connectivity index (χ3v) is 3.56. The average Bonchev–Trinajstić information content (AvgIpc) is 2.56. The monoisotopic (exact) mass is 345 g/mol. The van der Waals surface area contributed by atoms with Gasteiger partial charge in [-0.25, -0.2) is 4.79 Å². The van der Waals surface area contributed by atoms with Crippen LogP contribution in [0.3, 0.4) is 0 Å². The maximum atomic E-state index is 11.7. The first-order chi connectivity index (χ1) is 12.0. The molecule has 0 heterocycles. The molecule has 0 aromatic heterocycles. The molecule has 6 nitrogen and oxygen atoms in total. The van der Waals surface area contributed by atoms with E-state index in [1.807, 2.05) is 51.2 Å². The van der Waals surface area contributed by atoms with Crippen molar-refractivity contribution in [2.24, 2.45) is 4.99 Å². The fourth-order valence-electron chi connectivity index (χ4n) is 2.28. The number of hydrogen-bond donors (Lipinski definition) is 3. The number of carbonyl (C=O) groups is 1. The van der Waals surface area contributed by atoms with Crippen LogP contribution in [-0.4, -0.2) is 43.6 Å². The quantitative estimate of drug-likeness (QED) is 0.293. The number of rotatable bonds is 8. The third-order valence-electron chi connectivity index (χ3n) is 3.56. The van der Waals surface area contributed by atoms with Crippen LogP contribution >= 0.6 is 0 Å². The molecule has 3 N–H and O–H groups in total. The van der Waals surface area contributed by atoms with Gasteiger partial charge in [-0.1, -0.05) is 18.2 Å². The van der Waals surface area contributed by atoms with Gasteiger partial charge in [0.15, 0.2) is 5.96 Å². The number of nitrogens with zero attached hydrogens (tertiary/aromatic N) is 2. The molecule has 1 aromatic carbocycles. The van der Waals surface area contributed by atoms with E-state index in [9.17, 15) is 4.79 Å². The lowest BCUT2D eigenvalue weighted by Crippen LogP contribution is -2.38. The van der Waals surface area contributed by atoms with E-state index in [4.69, 9.17) is 0 Å². The van der Waals surface area contributed by atoms with Crippen LogP contribution in [0.1, 0.15) is 32.3 Å². The molecule has 25 heavy (non-hydrogen) atoms. The molecule has 0 fully saturated rings. The minimum Gasteiger partial charge on any atom is -0.352 e. The Hall–Kier alpha value is -2.50. The van der Waals surface area contributed by atoms with Crippen molar-refractivity contribution in [1.82, 2.24) is 15.5 Å². The number of urea groups is 1. The number of aliphatic imine (C=N–C) groups is 1. The van der Waals surface area contributed by atoms with E-state index in [0.717, 1.165) is 36.6 Å². The number of anilines is 1. The minimum absolute atomic E-state index is 0.110. The van der Waals surface area contributed by atoms with E-state index >= 15 is 0 Å². The van der Waals surface area contributed by atoms with Crippen molar-refractivity contribution in [3.05, 3.63) is 42.5 Å². The molecule has 0 spiro atoms.